The van der Waals surface area contributed by atoms with Gasteiger partial charge in [0.15, 0.2) is 0 Å². The molecule has 6 nitrogen and oxygen atoms in total. The van der Waals surface area contributed by atoms with Crippen LogP contribution in [-0.4, -0.2) is 30.2 Å². The van der Waals surface area contributed by atoms with E-state index in [-0.39, 0.29) is 4.99 Å². The molecule has 0 saturated heterocycles. The molecular weight excluding hydrogens is 272 g/mol. The number of aromatic nitrogens is 5. The number of thiocarbonyl (C=S) groups is 1. The smallest absolute Gasteiger partial charge is 0.205 e. The van der Waals surface area contributed by atoms with Gasteiger partial charge in [-0.1, -0.05) is 42.5 Å². The second-order valence-corrected chi connectivity index (χ2v) is 4.47. The Bertz CT molecular complexity index is 735. The monoisotopic (exact) mass is 282 g/mol. The van der Waals surface area contributed by atoms with Crippen molar-refractivity contribution in [1.29, 1.82) is 0 Å². The summed E-state index contributed by atoms with van der Waals surface area (Å²) in [5.74, 6) is 0.559. The van der Waals surface area contributed by atoms with E-state index < -0.39 is 0 Å². The fraction of sp³-hybridized carbons (Fsp3) is 0. The lowest BCUT2D eigenvalue weighted by molar-refractivity contribution is 0.717. The third kappa shape index (κ3) is 2.39. The van der Waals surface area contributed by atoms with Crippen LogP contribution < -0.4 is 5.73 Å². The fourth-order valence-corrected chi connectivity index (χ4v) is 1.80. The molecule has 3 aromatic rings. The first kappa shape index (κ1) is 12.4. The normalized spacial score (nSPS) is 10.4. The maximum atomic E-state index is 5.50. The largest absolute Gasteiger partial charge is 0.388 e. The third-order valence-electron chi connectivity index (χ3n) is 2.68. The lowest BCUT2D eigenvalue weighted by Gasteiger charge is -1.99. The van der Waals surface area contributed by atoms with Gasteiger partial charge in [-0.3, -0.25) is 4.98 Å². The predicted octanol–water partition coefficient (Wildman–Crippen LogP) is 1.36. The number of rotatable bonds is 3. The van der Waals surface area contributed by atoms with Crippen molar-refractivity contribution in [1.82, 2.24) is 25.2 Å². The van der Waals surface area contributed by atoms with Gasteiger partial charge in [0.05, 0.1) is 11.9 Å². The van der Waals surface area contributed by atoms with Crippen molar-refractivity contribution in [2.45, 2.75) is 0 Å². The third-order valence-corrected chi connectivity index (χ3v) is 2.89. The molecule has 0 radical (unpaired) electrons. The van der Waals surface area contributed by atoms with E-state index in [1.54, 1.807) is 18.3 Å². The van der Waals surface area contributed by atoms with Gasteiger partial charge in [0.2, 0.25) is 5.82 Å². The minimum Gasteiger partial charge on any atom is -0.388 e. The van der Waals surface area contributed by atoms with Crippen LogP contribution in [0.25, 0.3) is 17.1 Å². The van der Waals surface area contributed by atoms with E-state index in [4.69, 9.17) is 18.0 Å². The van der Waals surface area contributed by atoms with E-state index in [0.717, 1.165) is 5.56 Å². The van der Waals surface area contributed by atoms with Gasteiger partial charge in [0, 0.05) is 5.56 Å². The second kappa shape index (κ2) is 5.14. The van der Waals surface area contributed by atoms with E-state index in [1.165, 1.54) is 4.80 Å². The highest BCUT2D eigenvalue weighted by atomic mass is 32.1. The van der Waals surface area contributed by atoms with Crippen molar-refractivity contribution in [3.05, 3.63) is 54.4 Å². The fourth-order valence-electron chi connectivity index (χ4n) is 1.68. The molecule has 0 aliphatic heterocycles. The molecule has 2 N–H and O–H groups in total. The summed E-state index contributed by atoms with van der Waals surface area (Å²) in [6.45, 7) is 0. The Balaban J connectivity index is 1.92. The molecule has 0 unspecified atom stereocenters. The standard InChI is InChI=1S/C13H10N6S/c14-12(20)11-7-6-10(8-15-11)19-17-13(16-18-19)9-4-2-1-3-5-9/h1-8H,(H2,14,20). The average Bonchev–Trinajstić information content (AvgIpc) is 2.98. The molecule has 2 aromatic heterocycles. The molecule has 0 amide bonds. The Kier molecular flexibility index (Phi) is 3.18. The number of benzene rings is 1. The van der Waals surface area contributed by atoms with Gasteiger partial charge >= 0.3 is 0 Å². The van der Waals surface area contributed by atoms with Crippen LogP contribution in [0.5, 0.6) is 0 Å². The van der Waals surface area contributed by atoms with Crippen LogP contribution in [0.3, 0.4) is 0 Å². The minimum atomic E-state index is 0.257. The topological polar surface area (TPSA) is 82.5 Å². The van der Waals surface area contributed by atoms with Gasteiger partial charge in [0.25, 0.3) is 0 Å². The van der Waals surface area contributed by atoms with Gasteiger partial charge in [0.1, 0.15) is 10.7 Å². The van der Waals surface area contributed by atoms with Crippen molar-refractivity contribution >= 4 is 17.2 Å². The van der Waals surface area contributed by atoms with E-state index in [1.807, 2.05) is 30.3 Å². The van der Waals surface area contributed by atoms with Crippen molar-refractivity contribution in [2.24, 2.45) is 5.73 Å². The van der Waals surface area contributed by atoms with Crippen LogP contribution in [0.1, 0.15) is 5.69 Å². The van der Waals surface area contributed by atoms with Crippen LogP contribution >= 0.6 is 12.2 Å². The molecule has 20 heavy (non-hydrogen) atoms. The van der Waals surface area contributed by atoms with Gasteiger partial charge in [-0.2, -0.15) is 0 Å². The van der Waals surface area contributed by atoms with Gasteiger partial charge < -0.3 is 5.73 Å². The second-order valence-electron chi connectivity index (χ2n) is 4.03. The van der Waals surface area contributed by atoms with Crippen molar-refractivity contribution < 1.29 is 0 Å². The van der Waals surface area contributed by atoms with E-state index in [2.05, 4.69) is 20.4 Å². The number of nitrogens with two attached hydrogens (primary N) is 1. The lowest BCUT2D eigenvalue weighted by atomic mass is 10.2. The summed E-state index contributed by atoms with van der Waals surface area (Å²) in [6.07, 6.45) is 1.60. The summed E-state index contributed by atoms with van der Waals surface area (Å²) in [5.41, 5.74) is 7.67. The highest BCUT2D eigenvalue weighted by molar-refractivity contribution is 7.80. The number of pyridine rings is 1. The van der Waals surface area contributed by atoms with Crippen molar-refractivity contribution in [3.8, 4) is 17.1 Å². The molecule has 3 rings (SSSR count). The quantitative estimate of drug-likeness (QED) is 0.730. The minimum absolute atomic E-state index is 0.257. The average molecular weight is 282 g/mol. The first-order chi connectivity index (χ1) is 9.74. The van der Waals surface area contributed by atoms with Gasteiger partial charge in [-0.05, 0) is 17.3 Å². The van der Waals surface area contributed by atoms with Crippen molar-refractivity contribution in [3.63, 3.8) is 0 Å². The Labute approximate surface area is 120 Å². The predicted molar refractivity (Wildman–Crippen MR) is 78.3 cm³/mol. The molecule has 1 aromatic carbocycles. The van der Waals surface area contributed by atoms with Crippen molar-refractivity contribution in [2.75, 3.05) is 0 Å². The van der Waals surface area contributed by atoms with Crippen LogP contribution in [0.2, 0.25) is 0 Å². The van der Waals surface area contributed by atoms with Gasteiger partial charge in [-0.15, -0.1) is 15.0 Å². The molecule has 98 valence electrons. The molecular formula is C13H10N6S. The first-order valence-corrected chi connectivity index (χ1v) is 6.26. The Morgan fingerprint density at radius 2 is 1.90 bits per heavy atom. The summed E-state index contributed by atoms with van der Waals surface area (Å²) >= 11 is 4.85. The summed E-state index contributed by atoms with van der Waals surface area (Å²) in [4.78, 5) is 5.81. The molecule has 0 aliphatic rings. The molecule has 0 fully saturated rings. The zero-order chi connectivity index (χ0) is 13.9. The molecule has 0 bridgehead atoms. The van der Waals surface area contributed by atoms with Crippen LogP contribution in [0.4, 0.5) is 0 Å². The Morgan fingerprint density at radius 3 is 2.55 bits per heavy atom. The lowest BCUT2D eigenvalue weighted by Crippen LogP contribution is -2.11. The summed E-state index contributed by atoms with van der Waals surface area (Å²) in [5, 5.41) is 12.3. The summed E-state index contributed by atoms with van der Waals surface area (Å²) in [6, 6.07) is 13.2. The number of hydrogen-bond donors (Lipinski definition) is 1. The maximum absolute atomic E-state index is 5.50. The van der Waals surface area contributed by atoms with E-state index >= 15 is 0 Å². The van der Waals surface area contributed by atoms with Gasteiger partial charge in [-0.25, -0.2) is 0 Å². The number of nitrogens with zero attached hydrogens (tertiary/aromatic N) is 5. The van der Waals surface area contributed by atoms with Crippen LogP contribution in [-0.2, 0) is 0 Å². The number of hydrogen-bond acceptors (Lipinski definition) is 5. The van der Waals surface area contributed by atoms with Crippen LogP contribution in [0.15, 0.2) is 48.7 Å². The van der Waals surface area contributed by atoms with E-state index in [0.29, 0.717) is 17.2 Å². The number of tetrazole rings is 1. The zero-order valence-electron chi connectivity index (χ0n) is 10.3. The molecule has 7 heteroatoms. The highest BCUT2D eigenvalue weighted by Gasteiger charge is 2.07. The molecule has 0 spiro atoms. The molecule has 0 atom stereocenters. The summed E-state index contributed by atoms with van der Waals surface area (Å²) in [7, 11) is 0. The first-order valence-electron chi connectivity index (χ1n) is 5.86. The zero-order valence-corrected chi connectivity index (χ0v) is 11.2. The maximum Gasteiger partial charge on any atom is 0.205 e. The molecule has 0 saturated carbocycles. The summed E-state index contributed by atoms with van der Waals surface area (Å²) < 4.78 is 0. The van der Waals surface area contributed by atoms with E-state index in [9.17, 15) is 0 Å². The van der Waals surface area contributed by atoms with Crippen LogP contribution in [0, 0.1) is 0 Å². The highest BCUT2D eigenvalue weighted by Crippen LogP contribution is 2.13. The Hall–Kier alpha value is -2.67. The molecule has 2 heterocycles. The molecule has 0 aliphatic carbocycles. The SMILES string of the molecule is NC(=S)c1ccc(-n2nnc(-c3ccccc3)n2)cn1. The Morgan fingerprint density at radius 1 is 1.10 bits per heavy atom.